The number of benzene rings is 2. The fourth-order valence-corrected chi connectivity index (χ4v) is 4.06. The molecule has 0 saturated carbocycles. The molecule has 2 amide bonds. The molecule has 4 rings (SSSR count). The highest BCUT2D eigenvalue weighted by atomic mass is 32.2. The van der Waals surface area contributed by atoms with Crippen molar-refractivity contribution in [2.45, 2.75) is 18.0 Å². The highest BCUT2D eigenvalue weighted by Gasteiger charge is 2.52. The van der Waals surface area contributed by atoms with Gasteiger partial charge in [0, 0.05) is 5.56 Å². The van der Waals surface area contributed by atoms with Crippen LogP contribution in [0.2, 0.25) is 0 Å². The number of rotatable bonds is 5. The predicted molar refractivity (Wildman–Crippen MR) is 118 cm³/mol. The molecular weight excluding hydrogens is 523 g/mol. The summed E-state index contributed by atoms with van der Waals surface area (Å²) in [5.74, 6) is -5.31. The number of nitrogens with zero attached hydrogens (tertiary/aromatic N) is 1. The molecule has 1 unspecified atom stereocenters. The molecule has 37 heavy (non-hydrogen) atoms. The van der Waals surface area contributed by atoms with E-state index in [0.29, 0.717) is 0 Å². The third-order valence-electron chi connectivity index (χ3n) is 5.33. The van der Waals surface area contributed by atoms with Gasteiger partial charge in [-0.25, -0.2) is 9.59 Å². The van der Waals surface area contributed by atoms with Crippen molar-refractivity contribution in [3.05, 3.63) is 82.4 Å². The zero-order chi connectivity index (χ0) is 27.3. The van der Waals surface area contributed by atoms with Crippen molar-refractivity contribution >= 4 is 45.5 Å². The van der Waals surface area contributed by atoms with Crippen molar-refractivity contribution in [1.82, 2.24) is 5.06 Å². The van der Waals surface area contributed by atoms with Gasteiger partial charge in [-0.05, 0) is 48.9 Å². The average molecular weight is 537 g/mol. The third kappa shape index (κ3) is 4.63. The van der Waals surface area contributed by atoms with Gasteiger partial charge in [-0.15, -0.1) is 9.35 Å². The van der Waals surface area contributed by atoms with Crippen LogP contribution < -0.4 is 0 Å². The molecule has 10 nitrogen and oxygen atoms in total. The highest BCUT2D eigenvalue weighted by molar-refractivity contribution is 7.87. The first kappa shape index (κ1) is 25.8. The van der Waals surface area contributed by atoms with Crippen molar-refractivity contribution in [2.24, 2.45) is 0 Å². The number of carboxylic acid groups (broad SMARTS) is 1. The van der Waals surface area contributed by atoms with Gasteiger partial charge in [-0.3, -0.25) is 9.59 Å². The summed E-state index contributed by atoms with van der Waals surface area (Å²) in [6.07, 6.45) is 3.73. The van der Waals surface area contributed by atoms with Crippen LogP contribution in [0.15, 0.2) is 54.6 Å². The number of hydroxylamine groups is 2. The summed E-state index contributed by atoms with van der Waals surface area (Å²) < 4.78 is 71.1. The molecule has 0 aromatic heterocycles. The highest BCUT2D eigenvalue weighted by Crippen LogP contribution is 2.39. The second-order valence-electron chi connectivity index (χ2n) is 8.00. The molecule has 2 aliphatic rings. The van der Waals surface area contributed by atoms with E-state index in [0.717, 1.165) is 18.2 Å². The number of carboxylic acids is 1. The predicted octanol–water partition coefficient (Wildman–Crippen LogP) is 3.17. The Kier molecular flexibility index (Phi) is 6.04. The average Bonchev–Trinajstić information content (AvgIpc) is 2.97. The number of amides is 2. The Morgan fingerprint density at radius 2 is 1.68 bits per heavy atom. The first-order chi connectivity index (χ1) is 17.1. The Morgan fingerprint density at radius 1 is 1.03 bits per heavy atom. The summed E-state index contributed by atoms with van der Waals surface area (Å²) in [5, 5.41) is 8.62. The maximum absolute atomic E-state index is 13.1. The van der Waals surface area contributed by atoms with Crippen molar-refractivity contribution in [3.63, 3.8) is 0 Å². The Bertz CT molecular complexity index is 1540. The normalized spacial score (nSPS) is 19.1. The molecule has 0 radical (unpaired) electrons. The van der Waals surface area contributed by atoms with Crippen LogP contribution in [-0.2, 0) is 23.9 Å². The fourth-order valence-electron chi connectivity index (χ4n) is 3.64. The first-order valence-electron chi connectivity index (χ1n) is 10.2. The maximum Gasteiger partial charge on any atom is 0.525 e. The number of alkyl halides is 3. The molecule has 14 heteroatoms. The maximum atomic E-state index is 13.1. The van der Waals surface area contributed by atoms with Crippen LogP contribution in [0.1, 0.15) is 49.1 Å². The van der Waals surface area contributed by atoms with Crippen molar-refractivity contribution in [2.75, 3.05) is 0 Å². The van der Waals surface area contributed by atoms with Crippen LogP contribution in [0, 0.1) is 0 Å². The molecule has 1 aliphatic carbocycles. The smallest absolute Gasteiger partial charge is 0.478 e. The summed E-state index contributed by atoms with van der Waals surface area (Å²) in [7, 11) is -6.39. The summed E-state index contributed by atoms with van der Waals surface area (Å²) >= 11 is 0. The zero-order valence-electron chi connectivity index (χ0n) is 18.5. The van der Waals surface area contributed by atoms with Gasteiger partial charge in [0.2, 0.25) is 0 Å². The van der Waals surface area contributed by atoms with Gasteiger partial charge in [-0.1, -0.05) is 24.3 Å². The molecule has 2 aromatic carbocycles. The standard InChI is InChI=1S/C23H14F3NO9S/c1-22(35-21(32)14-6-2-5-13(10-14)20(30)31)9-8-12-4-3-7-15-17(12)16(11-22)19(29)27(18(15)28)36-37(33,34)23(24,25)26/h2-11H,1H3,(H,30,31). The quantitative estimate of drug-likeness (QED) is 0.345. The minimum absolute atomic E-state index is 0.0364. The van der Waals surface area contributed by atoms with Crippen molar-refractivity contribution in [1.29, 1.82) is 0 Å². The molecule has 192 valence electrons. The van der Waals surface area contributed by atoms with Gasteiger partial charge in [0.1, 0.15) is 5.60 Å². The molecule has 0 saturated heterocycles. The molecule has 0 spiro atoms. The molecule has 1 N–H and O–H groups in total. The number of hydrogen-bond acceptors (Lipinski definition) is 8. The second-order valence-corrected chi connectivity index (χ2v) is 9.52. The Balaban J connectivity index is 1.78. The van der Waals surface area contributed by atoms with Gasteiger partial charge in [-0.2, -0.15) is 21.6 Å². The van der Waals surface area contributed by atoms with E-state index in [1.165, 1.54) is 49.4 Å². The molecular formula is C23H14F3NO9S. The third-order valence-corrected chi connectivity index (χ3v) is 6.25. The number of ether oxygens (including phenoxy) is 1. The second kappa shape index (κ2) is 8.67. The van der Waals surface area contributed by atoms with E-state index in [9.17, 15) is 40.8 Å². The van der Waals surface area contributed by atoms with Crippen molar-refractivity contribution < 1.29 is 54.9 Å². The number of esters is 1. The number of imide groups is 1. The fraction of sp³-hybridized carbons (Fsp3) is 0.130. The van der Waals surface area contributed by atoms with Crippen LogP contribution in [0.4, 0.5) is 13.2 Å². The van der Waals surface area contributed by atoms with Crippen LogP contribution in [0.3, 0.4) is 0 Å². The summed E-state index contributed by atoms with van der Waals surface area (Å²) in [5.41, 5.74) is -8.64. The van der Waals surface area contributed by atoms with E-state index >= 15 is 0 Å². The Hall–Kier alpha value is -4.30. The van der Waals surface area contributed by atoms with E-state index in [4.69, 9.17) is 9.84 Å². The summed E-state index contributed by atoms with van der Waals surface area (Å²) in [4.78, 5) is 49.8. The SMILES string of the molecule is CC1(OC(=O)c2cccc(C(=O)O)c2)C=Cc2cccc3c2C(=C1)C(=O)N(OS(=O)(=O)C(F)(F)F)C3=O. The van der Waals surface area contributed by atoms with Gasteiger partial charge in [0.05, 0.1) is 22.3 Å². The largest absolute Gasteiger partial charge is 0.525 e. The van der Waals surface area contributed by atoms with Crippen molar-refractivity contribution in [3.8, 4) is 0 Å². The van der Waals surface area contributed by atoms with Gasteiger partial charge in [0.15, 0.2) is 0 Å². The Labute approximate surface area is 206 Å². The Morgan fingerprint density at radius 3 is 2.32 bits per heavy atom. The van der Waals surface area contributed by atoms with Crippen LogP contribution in [-0.4, -0.2) is 53.4 Å². The lowest BCUT2D eigenvalue weighted by molar-refractivity contribution is -0.144. The van der Waals surface area contributed by atoms with Gasteiger partial charge >= 0.3 is 27.6 Å². The lowest BCUT2D eigenvalue weighted by Gasteiger charge is -2.29. The van der Waals surface area contributed by atoms with Crippen LogP contribution >= 0.6 is 0 Å². The topological polar surface area (TPSA) is 144 Å². The van der Waals surface area contributed by atoms with E-state index in [2.05, 4.69) is 4.28 Å². The number of carbonyl (C=O) groups is 4. The molecule has 1 heterocycles. The molecule has 2 aromatic rings. The van der Waals surface area contributed by atoms with E-state index in [-0.39, 0.29) is 27.8 Å². The van der Waals surface area contributed by atoms with E-state index in [1.807, 2.05) is 0 Å². The lowest BCUT2D eigenvalue weighted by Crippen LogP contribution is -2.45. The van der Waals surface area contributed by atoms with Gasteiger partial charge < -0.3 is 9.84 Å². The van der Waals surface area contributed by atoms with E-state index < -0.39 is 55.6 Å². The number of hydrogen-bond donors (Lipinski definition) is 1. The minimum atomic E-state index is -6.39. The van der Waals surface area contributed by atoms with Crippen LogP contribution in [0.5, 0.6) is 0 Å². The number of carbonyl (C=O) groups excluding carboxylic acids is 3. The molecule has 0 bridgehead atoms. The first-order valence-corrected chi connectivity index (χ1v) is 11.6. The van der Waals surface area contributed by atoms with E-state index in [1.54, 1.807) is 0 Å². The minimum Gasteiger partial charge on any atom is -0.478 e. The number of halogens is 3. The zero-order valence-corrected chi connectivity index (χ0v) is 19.3. The monoisotopic (exact) mass is 537 g/mol. The summed E-state index contributed by atoms with van der Waals surface area (Å²) in [6.45, 7) is 1.31. The molecule has 1 aliphatic heterocycles. The lowest BCUT2D eigenvalue weighted by atomic mass is 9.90. The molecule has 1 atom stereocenters. The summed E-state index contributed by atoms with van der Waals surface area (Å²) in [6, 6.07) is 8.84. The van der Waals surface area contributed by atoms with Crippen LogP contribution in [0.25, 0.3) is 11.6 Å². The van der Waals surface area contributed by atoms with Gasteiger partial charge in [0.25, 0.3) is 11.8 Å². The molecule has 0 fully saturated rings. The number of aromatic carboxylic acids is 1.